The maximum absolute atomic E-state index is 11.8. The molecule has 1 aromatic heterocycles. The molecule has 1 heterocycles. The second-order valence-corrected chi connectivity index (χ2v) is 3.99. The summed E-state index contributed by atoms with van der Waals surface area (Å²) in [7, 11) is 0. The van der Waals surface area contributed by atoms with Crippen molar-refractivity contribution in [1.82, 2.24) is 9.55 Å². The maximum Gasteiger partial charge on any atom is 0.293 e. The Bertz CT molecular complexity index is 411. The molecule has 0 aliphatic heterocycles. The Morgan fingerprint density at radius 1 is 1.73 bits per heavy atom. The molecule has 0 saturated carbocycles. The minimum Gasteiger partial charge on any atom is -0.361 e. The summed E-state index contributed by atoms with van der Waals surface area (Å²) in [6, 6.07) is 0.111. The van der Waals surface area contributed by atoms with Gasteiger partial charge in [0.2, 0.25) is 0 Å². The smallest absolute Gasteiger partial charge is 0.293 e. The van der Waals surface area contributed by atoms with E-state index in [2.05, 4.69) is 16.9 Å². The molecule has 1 N–H and O–H groups in total. The molecular formula is C10H14ClN3O. The van der Waals surface area contributed by atoms with Crippen molar-refractivity contribution in [3.05, 3.63) is 34.4 Å². The zero-order chi connectivity index (χ0) is 11.4. The number of nitrogens with zero attached hydrogens (tertiary/aromatic N) is 2. The summed E-state index contributed by atoms with van der Waals surface area (Å²) in [5.41, 5.74) is -0.148. The van der Waals surface area contributed by atoms with Crippen molar-refractivity contribution >= 4 is 17.4 Å². The highest BCUT2D eigenvalue weighted by molar-refractivity contribution is 6.29. The fourth-order valence-corrected chi connectivity index (χ4v) is 1.20. The van der Waals surface area contributed by atoms with Gasteiger partial charge in [0.1, 0.15) is 0 Å². The first kappa shape index (κ1) is 11.8. The van der Waals surface area contributed by atoms with E-state index < -0.39 is 0 Å². The van der Waals surface area contributed by atoms with Crippen LogP contribution in [-0.4, -0.2) is 16.1 Å². The number of aromatic nitrogens is 2. The fourth-order valence-electron chi connectivity index (χ4n) is 1.13. The Balaban J connectivity index is 2.95. The van der Waals surface area contributed by atoms with Crippen LogP contribution in [0.2, 0.25) is 0 Å². The van der Waals surface area contributed by atoms with Crippen molar-refractivity contribution in [1.29, 1.82) is 0 Å². The average Bonchev–Trinajstić information content (AvgIpc) is 2.15. The van der Waals surface area contributed by atoms with Gasteiger partial charge in [-0.25, -0.2) is 4.98 Å². The van der Waals surface area contributed by atoms with Crippen molar-refractivity contribution in [3.8, 4) is 0 Å². The quantitative estimate of drug-likeness (QED) is 0.856. The van der Waals surface area contributed by atoms with Crippen molar-refractivity contribution in [2.45, 2.75) is 19.9 Å². The van der Waals surface area contributed by atoms with Gasteiger partial charge in [-0.05, 0) is 13.8 Å². The fraction of sp³-hybridized carbons (Fsp3) is 0.400. The molecule has 0 spiro atoms. The van der Waals surface area contributed by atoms with Crippen LogP contribution in [-0.2, 0) is 0 Å². The minimum atomic E-state index is -0.148. The summed E-state index contributed by atoms with van der Waals surface area (Å²) < 4.78 is 1.60. The third-order valence-corrected chi connectivity index (χ3v) is 2.01. The molecular weight excluding hydrogens is 214 g/mol. The average molecular weight is 228 g/mol. The van der Waals surface area contributed by atoms with Gasteiger partial charge in [-0.3, -0.25) is 4.79 Å². The SMILES string of the molecule is C=C(Cl)CNc1nccn(C(C)C)c1=O. The molecule has 5 heteroatoms. The predicted octanol–water partition coefficient (Wildman–Crippen LogP) is 1.99. The first-order valence-corrected chi connectivity index (χ1v) is 5.04. The van der Waals surface area contributed by atoms with Gasteiger partial charge in [0.05, 0.1) is 6.54 Å². The molecule has 0 bridgehead atoms. The molecule has 0 saturated heterocycles. The molecule has 0 aliphatic rings. The van der Waals surface area contributed by atoms with Gasteiger partial charge >= 0.3 is 0 Å². The van der Waals surface area contributed by atoms with Crippen LogP contribution in [0.3, 0.4) is 0 Å². The topological polar surface area (TPSA) is 46.9 Å². The lowest BCUT2D eigenvalue weighted by atomic mass is 10.4. The first-order valence-electron chi connectivity index (χ1n) is 4.66. The van der Waals surface area contributed by atoms with E-state index in [9.17, 15) is 4.79 Å². The van der Waals surface area contributed by atoms with Crippen molar-refractivity contribution in [3.63, 3.8) is 0 Å². The molecule has 0 atom stereocenters. The third-order valence-electron chi connectivity index (χ3n) is 1.87. The lowest BCUT2D eigenvalue weighted by Gasteiger charge is -2.11. The van der Waals surface area contributed by atoms with E-state index in [0.717, 1.165) is 0 Å². The van der Waals surface area contributed by atoms with E-state index in [0.29, 0.717) is 17.4 Å². The number of halogens is 1. The van der Waals surface area contributed by atoms with Crippen LogP contribution in [0.5, 0.6) is 0 Å². The summed E-state index contributed by atoms with van der Waals surface area (Å²) >= 11 is 5.59. The summed E-state index contributed by atoms with van der Waals surface area (Å²) in [6.07, 6.45) is 3.24. The molecule has 4 nitrogen and oxygen atoms in total. The van der Waals surface area contributed by atoms with Gasteiger partial charge in [0.25, 0.3) is 5.56 Å². The standard InChI is InChI=1S/C10H14ClN3O/c1-7(2)14-5-4-12-9(10(14)15)13-6-8(3)11/h4-5,7H,3,6H2,1-2H3,(H,12,13). The minimum absolute atomic E-state index is 0.111. The first-order chi connectivity index (χ1) is 7.02. The molecule has 0 amide bonds. The lowest BCUT2D eigenvalue weighted by Crippen LogP contribution is -2.25. The summed E-state index contributed by atoms with van der Waals surface area (Å²) in [5, 5.41) is 3.27. The Hall–Kier alpha value is -1.29. The number of anilines is 1. The molecule has 82 valence electrons. The van der Waals surface area contributed by atoms with Crippen LogP contribution in [0.4, 0.5) is 5.82 Å². The Labute approximate surface area is 93.6 Å². The number of hydrogen-bond donors (Lipinski definition) is 1. The molecule has 0 fully saturated rings. The van der Waals surface area contributed by atoms with E-state index in [1.807, 2.05) is 13.8 Å². The van der Waals surface area contributed by atoms with Crippen LogP contribution in [0, 0.1) is 0 Å². The van der Waals surface area contributed by atoms with Crippen LogP contribution < -0.4 is 10.9 Å². The number of hydrogen-bond acceptors (Lipinski definition) is 3. The van der Waals surface area contributed by atoms with Crippen LogP contribution in [0.15, 0.2) is 28.8 Å². The van der Waals surface area contributed by atoms with E-state index in [4.69, 9.17) is 11.6 Å². The highest BCUT2D eigenvalue weighted by atomic mass is 35.5. The Morgan fingerprint density at radius 2 is 2.40 bits per heavy atom. The summed E-state index contributed by atoms with van der Waals surface area (Å²) in [5.74, 6) is 0.299. The van der Waals surface area contributed by atoms with Gasteiger partial charge in [-0.1, -0.05) is 18.2 Å². The van der Waals surface area contributed by atoms with E-state index in [1.54, 1.807) is 17.0 Å². The molecule has 15 heavy (non-hydrogen) atoms. The van der Waals surface area contributed by atoms with Gasteiger partial charge in [-0.2, -0.15) is 0 Å². The number of nitrogens with one attached hydrogen (secondary N) is 1. The van der Waals surface area contributed by atoms with Crippen molar-refractivity contribution in [2.24, 2.45) is 0 Å². The van der Waals surface area contributed by atoms with E-state index in [-0.39, 0.29) is 11.6 Å². The Kier molecular flexibility index (Phi) is 3.91. The predicted molar refractivity (Wildman–Crippen MR) is 62.4 cm³/mol. The molecule has 0 aliphatic carbocycles. The van der Waals surface area contributed by atoms with E-state index in [1.165, 1.54) is 0 Å². The summed E-state index contributed by atoms with van der Waals surface area (Å²) in [6.45, 7) is 7.74. The third kappa shape index (κ3) is 3.09. The molecule has 1 rings (SSSR count). The highest BCUT2D eigenvalue weighted by Gasteiger charge is 2.06. The second-order valence-electron chi connectivity index (χ2n) is 3.45. The van der Waals surface area contributed by atoms with Crippen molar-refractivity contribution < 1.29 is 0 Å². The van der Waals surface area contributed by atoms with Gasteiger partial charge in [0.15, 0.2) is 5.82 Å². The molecule has 0 unspecified atom stereocenters. The second kappa shape index (κ2) is 4.98. The molecule has 1 aromatic rings. The summed E-state index contributed by atoms with van der Waals surface area (Å²) in [4.78, 5) is 15.7. The highest BCUT2D eigenvalue weighted by Crippen LogP contribution is 2.02. The van der Waals surface area contributed by atoms with Crippen LogP contribution >= 0.6 is 11.6 Å². The molecule has 0 radical (unpaired) electrons. The number of rotatable bonds is 4. The van der Waals surface area contributed by atoms with E-state index >= 15 is 0 Å². The normalized spacial score (nSPS) is 10.4. The Morgan fingerprint density at radius 3 is 2.93 bits per heavy atom. The zero-order valence-electron chi connectivity index (χ0n) is 8.83. The van der Waals surface area contributed by atoms with Crippen LogP contribution in [0.1, 0.15) is 19.9 Å². The van der Waals surface area contributed by atoms with Gasteiger partial charge < -0.3 is 9.88 Å². The maximum atomic E-state index is 11.8. The monoisotopic (exact) mass is 227 g/mol. The lowest BCUT2D eigenvalue weighted by molar-refractivity contribution is 0.575. The largest absolute Gasteiger partial charge is 0.361 e. The zero-order valence-corrected chi connectivity index (χ0v) is 9.58. The molecule has 0 aromatic carbocycles. The van der Waals surface area contributed by atoms with Crippen molar-refractivity contribution in [2.75, 3.05) is 11.9 Å². The van der Waals surface area contributed by atoms with Gasteiger partial charge in [0, 0.05) is 23.5 Å². The van der Waals surface area contributed by atoms with Gasteiger partial charge in [-0.15, -0.1) is 0 Å². The van der Waals surface area contributed by atoms with Crippen LogP contribution in [0.25, 0.3) is 0 Å².